The van der Waals surface area contributed by atoms with E-state index in [2.05, 4.69) is 44.6 Å². The van der Waals surface area contributed by atoms with Gasteiger partial charge in [0.05, 0.1) is 6.04 Å². The van der Waals surface area contributed by atoms with Crippen LogP contribution < -0.4 is 5.32 Å². The highest BCUT2D eigenvalue weighted by Crippen LogP contribution is 2.35. The Balaban J connectivity index is 1.49. The van der Waals surface area contributed by atoms with Crippen LogP contribution in [0.25, 0.3) is 0 Å². The number of rotatable bonds is 6. The van der Waals surface area contributed by atoms with E-state index in [0.29, 0.717) is 12.0 Å². The van der Waals surface area contributed by atoms with Crippen molar-refractivity contribution in [2.24, 2.45) is 5.92 Å². The van der Waals surface area contributed by atoms with Gasteiger partial charge in [-0.15, -0.1) is 11.3 Å². The Kier molecular flexibility index (Phi) is 5.36. The van der Waals surface area contributed by atoms with E-state index in [-0.39, 0.29) is 11.9 Å². The second kappa shape index (κ2) is 7.30. The fourth-order valence-electron chi connectivity index (χ4n) is 3.88. The van der Waals surface area contributed by atoms with E-state index < -0.39 is 0 Å². The molecule has 3 heterocycles. The Hall–Kier alpha value is -0.950. The summed E-state index contributed by atoms with van der Waals surface area (Å²) in [5.41, 5.74) is 0. The summed E-state index contributed by atoms with van der Waals surface area (Å²) in [6.45, 7) is 4.88. The average Bonchev–Trinajstić information content (AvgIpc) is 3.18. The Morgan fingerprint density at radius 2 is 2.26 bits per heavy atom. The molecule has 0 saturated carbocycles. The molecule has 3 atom stereocenters. The van der Waals surface area contributed by atoms with E-state index in [1.165, 1.54) is 4.88 Å². The third-order valence-electron chi connectivity index (χ3n) is 5.14. The molecular formula is C17H28N4OS. The first-order valence-corrected chi connectivity index (χ1v) is 9.31. The fraction of sp³-hybridized carbons (Fsp3) is 0.706. The van der Waals surface area contributed by atoms with Gasteiger partial charge in [0.1, 0.15) is 0 Å². The summed E-state index contributed by atoms with van der Waals surface area (Å²) in [4.78, 5) is 20.8. The normalized spacial score (nSPS) is 28.4. The molecule has 2 aliphatic heterocycles. The highest BCUT2D eigenvalue weighted by atomic mass is 32.1. The third-order valence-corrected chi connectivity index (χ3v) is 6.00. The van der Waals surface area contributed by atoms with Gasteiger partial charge in [-0.1, -0.05) is 6.07 Å². The second-order valence-electron chi connectivity index (χ2n) is 7.11. The van der Waals surface area contributed by atoms with Gasteiger partial charge in [0.2, 0.25) is 5.91 Å². The highest BCUT2D eigenvalue weighted by Gasteiger charge is 2.46. The van der Waals surface area contributed by atoms with Gasteiger partial charge in [0, 0.05) is 43.6 Å². The van der Waals surface area contributed by atoms with Crippen LogP contribution in [-0.2, 0) is 11.3 Å². The van der Waals surface area contributed by atoms with E-state index in [0.717, 1.165) is 39.1 Å². The van der Waals surface area contributed by atoms with Gasteiger partial charge in [-0.05, 0) is 44.9 Å². The lowest BCUT2D eigenvalue weighted by molar-refractivity contribution is -0.125. The van der Waals surface area contributed by atoms with Crippen LogP contribution in [0.3, 0.4) is 0 Å². The van der Waals surface area contributed by atoms with Gasteiger partial charge in [0.15, 0.2) is 0 Å². The molecule has 1 aromatic rings. The predicted molar refractivity (Wildman–Crippen MR) is 94.6 cm³/mol. The molecular weight excluding hydrogens is 308 g/mol. The summed E-state index contributed by atoms with van der Waals surface area (Å²) in [6.07, 6.45) is 0.996. The van der Waals surface area contributed by atoms with Crippen molar-refractivity contribution in [2.75, 3.05) is 47.3 Å². The SMILES string of the molecule is CN(C)CCNC(=O)[C@@H]1C[C@H]2CN(Cc3cccs3)C[C@H]2N1C. The highest BCUT2D eigenvalue weighted by molar-refractivity contribution is 7.09. The molecule has 1 amide bonds. The zero-order valence-corrected chi connectivity index (χ0v) is 15.2. The van der Waals surface area contributed by atoms with Gasteiger partial charge in [0.25, 0.3) is 0 Å². The first kappa shape index (κ1) is 16.9. The maximum absolute atomic E-state index is 12.4. The van der Waals surface area contributed by atoms with Crippen molar-refractivity contribution >= 4 is 17.2 Å². The summed E-state index contributed by atoms with van der Waals surface area (Å²) < 4.78 is 0. The first-order chi connectivity index (χ1) is 11.0. The molecule has 0 radical (unpaired) electrons. The number of likely N-dealkylation sites (N-methyl/N-ethyl adjacent to an activating group) is 2. The molecule has 1 N–H and O–H groups in total. The molecule has 6 heteroatoms. The van der Waals surface area contributed by atoms with Gasteiger partial charge < -0.3 is 10.2 Å². The number of carbonyl (C=O) groups excluding carboxylic acids is 1. The Bertz CT molecular complexity index is 519. The van der Waals surface area contributed by atoms with Crippen molar-refractivity contribution in [1.29, 1.82) is 0 Å². The monoisotopic (exact) mass is 336 g/mol. The van der Waals surface area contributed by atoms with Gasteiger partial charge >= 0.3 is 0 Å². The molecule has 0 bridgehead atoms. The molecule has 1 aromatic heterocycles. The zero-order chi connectivity index (χ0) is 16.4. The number of fused-ring (bicyclic) bond motifs is 1. The summed E-state index contributed by atoms with van der Waals surface area (Å²) in [5, 5.41) is 5.23. The van der Waals surface area contributed by atoms with Gasteiger partial charge in [-0.3, -0.25) is 14.6 Å². The molecule has 2 saturated heterocycles. The molecule has 3 rings (SSSR count). The Morgan fingerprint density at radius 1 is 1.43 bits per heavy atom. The van der Waals surface area contributed by atoms with Crippen LogP contribution >= 0.6 is 11.3 Å². The first-order valence-electron chi connectivity index (χ1n) is 8.43. The summed E-state index contributed by atoms with van der Waals surface area (Å²) in [5.74, 6) is 0.832. The molecule has 128 valence electrons. The van der Waals surface area contributed by atoms with Gasteiger partial charge in [-0.2, -0.15) is 0 Å². The number of amides is 1. The lowest BCUT2D eigenvalue weighted by Crippen LogP contribution is -2.46. The van der Waals surface area contributed by atoms with Crippen LogP contribution in [0.4, 0.5) is 0 Å². The van der Waals surface area contributed by atoms with E-state index in [1.807, 2.05) is 25.4 Å². The third kappa shape index (κ3) is 3.94. The number of carbonyl (C=O) groups is 1. The van der Waals surface area contributed by atoms with Gasteiger partial charge in [-0.25, -0.2) is 0 Å². The van der Waals surface area contributed by atoms with E-state index in [1.54, 1.807) is 0 Å². The smallest absolute Gasteiger partial charge is 0.237 e. The average molecular weight is 337 g/mol. The van der Waals surface area contributed by atoms with Crippen LogP contribution in [-0.4, -0.2) is 80.0 Å². The molecule has 5 nitrogen and oxygen atoms in total. The maximum atomic E-state index is 12.4. The van der Waals surface area contributed by atoms with Crippen molar-refractivity contribution in [3.05, 3.63) is 22.4 Å². The Labute approximate surface area is 143 Å². The van der Waals surface area contributed by atoms with Crippen LogP contribution in [0.15, 0.2) is 17.5 Å². The molecule has 2 aliphatic rings. The second-order valence-corrected chi connectivity index (χ2v) is 8.14. The molecule has 23 heavy (non-hydrogen) atoms. The van der Waals surface area contributed by atoms with Crippen LogP contribution in [0.2, 0.25) is 0 Å². The number of likely N-dealkylation sites (tertiary alicyclic amines) is 2. The topological polar surface area (TPSA) is 38.8 Å². The van der Waals surface area contributed by atoms with E-state index in [9.17, 15) is 4.79 Å². The number of hydrogen-bond donors (Lipinski definition) is 1. The summed E-state index contributed by atoms with van der Waals surface area (Å²) in [7, 11) is 6.18. The number of nitrogens with one attached hydrogen (secondary N) is 1. The summed E-state index contributed by atoms with van der Waals surface area (Å²) >= 11 is 1.83. The van der Waals surface area contributed by atoms with Crippen molar-refractivity contribution in [3.63, 3.8) is 0 Å². The molecule has 0 spiro atoms. The largest absolute Gasteiger partial charge is 0.353 e. The fourth-order valence-corrected chi connectivity index (χ4v) is 4.63. The van der Waals surface area contributed by atoms with Crippen LogP contribution in [0, 0.1) is 5.92 Å². The summed E-state index contributed by atoms with van der Waals surface area (Å²) in [6, 6.07) is 4.91. The lowest BCUT2D eigenvalue weighted by Gasteiger charge is -2.26. The molecule has 0 unspecified atom stereocenters. The minimum absolute atomic E-state index is 0.0519. The molecule has 0 aromatic carbocycles. The maximum Gasteiger partial charge on any atom is 0.237 e. The minimum atomic E-state index is 0.0519. The molecule has 2 fully saturated rings. The zero-order valence-electron chi connectivity index (χ0n) is 14.4. The standard InChI is InChI=1S/C17H28N4OS/c1-19(2)7-6-18-17(22)15-9-13-10-21(12-16(13)20(15)3)11-14-5-4-8-23-14/h4-5,8,13,15-16H,6-7,9-12H2,1-3H3,(H,18,22)/t13-,15-,16+/m0/s1. The van der Waals surface area contributed by atoms with Crippen molar-refractivity contribution in [1.82, 2.24) is 20.0 Å². The van der Waals surface area contributed by atoms with Crippen LogP contribution in [0.1, 0.15) is 11.3 Å². The van der Waals surface area contributed by atoms with Crippen LogP contribution in [0.5, 0.6) is 0 Å². The Morgan fingerprint density at radius 3 is 2.91 bits per heavy atom. The van der Waals surface area contributed by atoms with Crippen molar-refractivity contribution < 1.29 is 4.79 Å². The van der Waals surface area contributed by atoms with Crippen molar-refractivity contribution in [2.45, 2.75) is 25.0 Å². The molecule has 0 aliphatic carbocycles. The lowest BCUT2D eigenvalue weighted by atomic mass is 10.0. The van der Waals surface area contributed by atoms with E-state index in [4.69, 9.17) is 0 Å². The predicted octanol–water partition coefficient (Wildman–Crippen LogP) is 0.930. The van der Waals surface area contributed by atoms with E-state index >= 15 is 0 Å². The quantitative estimate of drug-likeness (QED) is 0.839. The minimum Gasteiger partial charge on any atom is -0.353 e. The van der Waals surface area contributed by atoms with Crippen molar-refractivity contribution in [3.8, 4) is 0 Å². The number of thiophene rings is 1. The number of hydrogen-bond acceptors (Lipinski definition) is 5. The number of nitrogens with zero attached hydrogens (tertiary/aromatic N) is 3.